The van der Waals surface area contributed by atoms with Gasteiger partial charge >= 0.3 is 6.03 Å². The van der Waals surface area contributed by atoms with Gasteiger partial charge in [-0.25, -0.2) is 4.79 Å². The van der Waals surface area contributed by atoms with Crippen molar-refractivity contribution in [3.05, 3.63) is 32.7 Å². The summed E-state index contributed by atoms with van der Waals surface area (Å²) in [6, 6.07) is 5.53. The maximum Gasteiger partial charge on any atom is 0.319 e. The SMILES string of the molecule is CN(C)C(=O)N1CCN(C(=O)c2cc(Br)ccc2Br)CC1. The molecule has 0 bridgehead atoms. The van der Waals surface area contributed by atoms with Gasteiger partial charge in [0.05, 0.1) is 5.56 Å². The lowest BCUT2D eigenvalue weighted by Crippen LogP contribution is -2.52. The van der Waals surface area contributed by atoms with E-state index in [2.05, 4.69) is 31.9 Å². The highest BCUT2D eigenvalue weighted by molar-refractivity contribution is 9.11. The fourth-order valence-electron chi connectivity index (χ4n) is 2.22. The summed E-state index contributed by atoms with van der Waals surface area (Å²) in [6.45, 7) is 2.23. The van der Waals surface area contributed by atoms with E-state index in [1.54, 1.807) is 28.8 Å². The molecule has 1 aliphatic heterocycles. The molecule has 0 aliphatic carbocycles. The van der Waals surface area contributed by atoms with E-state index in [4.69, 9.17) is 0 Å². The van der Waals surface area contributed by atoms with Crippen molar-refractivity contribution in [3.63, 3.8) is 0 Å². The molecule has 1 fully saturated rings. The molecular weight excluding hydrogens is 402 g/mol. The third-order valence-electron chi connectivity index (χ3n) is 3.38. The topological polar surface area (TPSA) is 43.9 Å². The predicted molar refractivity (Wildman–Crippen MR) is 88.4 cm³/mol. The fraction of sp³-hybridized carbons (Fsp3) is 0.429. The number of carbonyl (C=O) groups excluding carboxylic acids is 2. The Labute approximate surface area is 141 Å². The average molecular weight is 419 g/mol. The number of benzene rings is 1. The minimum absolute atomic E-state index is 0.00858. The van der Waals surface area contributed by atoms with Gasteiger partial charge in [0.25, 0.3) is 5.91 Å². The Hall–Kier alpha value is -1.08. The molecule has 0 radical (unpaired) electrons. The number of urea groups is 1. The van der Waals surface area contributed by atoms with Crippen molar-refractivity contribution in [3.8, 4) is 0 Å². The van der Waals surface area contributed by atoms with Crippen LogP contribution in [0.5, 0.6) is 0 Å². The Morgan fingerprint density at radius 3 is 2.19 bits per heavy atom. The minimum atomic E-state index is -0.0138. The minimum Gasteiger partial charge on any atom is -0.335 e. The van der Waals surface area contributed by atoms with Crippen LogP contribution in [0.3, 0.4) is 0 Å². The second-order valence-corrected chi connectivity index (χ2v) is 6.85. The van der Waals surface area contributed by atoms with Gasteiger partial charge in [0.15, 0.2) is 0 Å². The first-order chi connectivity index (χ1) is 9.90. The summed E-state index contributed by atoms with van der Waals surface area (Å²) in [5.74, 6) is -0.0138. The molecule has 0 N–H and O–H groups in total. The molecule has 0 aromatic heterocycles. The first kappa shape index (κ1) is 16.3. The number of nitrogens with zero attached hydrogens (tertiary/aromatic N) is 3. The molecule has 2 rings (SSSR count). The molecule has 0 atom stereocenters. The van der Waals surface area contributed by atoms with Crippen LogP contribution in [0.2, 0.25) is 0 Å². The van der Waals surface area contributed by atoms with Crippen molar-refractivity contribution in [1.82, 2.24) is 14.7 Å². The van der Waals surface area contributed by atoms with E-state index < -0.39 is 0 Å². The summed E-state index contributed by atoms with van der Waals surface area (Å²) < 4.78 is 1.65. The summed E-state index contributed by atoms with van der Waals surface area (Å²) >= 11 is 6.80. The maximum atomic E-state index is 12.5. The molecule has 3 amide bonds. The van der Waals surface area contributed by atoms with E-state index >= 15 is 0 Å². The highest BCUT2D eigenvalue weighted by Gasteiger charge is 2.26. The molecule has 0 unspecified atom stereocenters. The number of amides is 3. The summed E-state index contributed by atoms with van der Waals surface area (Å²) in [6.07, 6.45) is 0. The molecule has 7 heteroatoms. The smallest absolute Gasteiger partial charge is 0.319 e. The zero-order valence-electron chi connectivity index (χ0n) is 12.0. The fourth-order valence-corrected chi connectivity index (χ4v) is 2.99. The van der Waals surface area contributed by atoms with Crippen molar-refractivity contribution in [1.29, 1.82) is 0 Å². The Bertz CT molecular complexity index is 555. The van der Waals surface area contributed by atoms with Gasteiger partial charge in [0, 0.05) is 49.2 Å². The van der Waals surface area contributed by atoms with Gasteiger partial charge in [-0.15, -0.1) is 0 Å². The van der Waals surface area contributed by atoms with Gasteiger partial charge in [-0.1, -0.05) is 15.9 Å². The first-order valence-corrected chi connectivity index (χ1v) is 8.19. The quantitative estimate of drug-likeness (QED) is 0.703. The van der Waals surface area contributed by atoms with E-state index in [1.165, 1.54) is 0 Å². The van der Waals surface area contributed by atoms with Crippen LogP contribution in [-0.4, -0.2) is 66.9 Å². The number of halogens is 2. The van der Waals surface area contributed by atoms with E-state index in [1.807, 2.05) is 18.2 Å². The molecule has 114 valence electrons. The highest BCUT2D eigenvalue weighted by atomic mass is 79.9. The second-order valence-electron chi connectivity index (χ2n) is 5.08. The van der Waals surface area contributed by atoms with Gasteiger partial charge in [-0.3, -0.25) is 4.79 Å². The Kier molecular flexibility index (Phi) is 5.27. The molecule has 1 aromatic carbocycles. The molecule has 1 aliphatic rings. The monoisotopic (exact) mass is 417 g/mol. The summed E-state index contributed by atoms with van der Waals surface area (Å²) in [7, 11) is 3.47. The van der Waals surface area contributed by atoms with Crippen LogP contribution in [0.4, 0.5) is 4.79 Å². The van der Waals surface area contributed by atoms with Crippen LogP contribution >= 0.6 is 31.9 Å². The van der Waals surface area contributed by atoms with Gasteiger partial charge in [0.1, 0.15) is 0 Å². The molecule has 1 heterocycles. The first-order valence-electron chi connectivity index (χ1n) is 6.60. The number of hydrogen-bond acceptors (Lipinski definition) is 2. The van der Waals surface area contributed by atoms with Gasteiger partial charge in [-0.2, -0.15) is 0 Å². The number of hydrogen-bond donors (Lipinski definition) is 0. The van der Waals surface area contributed by atoms with Crippen molar-refractivity contribution in [2.45, 2.75) is 0 Å². The molecule has 5 nitrogen and oxygen atoms in total. The second kappa shape index (κ2) is 6.79. The normalized spacial score (nSPS) is 15.0. The van der Waals surface area contributed by atoms with Crippen LogP contribution in [0.1, 0.15) is 10.4 Å². The van der Waals surface area contributed by atoms with E-state index in [9.17, 15) is 9.59 Å². The molecule has 1 aromatic rings. The van der Waals surface area contributed by atoms with Crippen molar-refractivity contribution in [2.24, 2.45) is 0 Å². The lowest BCUT2D eigenvalue weighted by molar-refractivity contribution is 0.0649. The summed E-state index contributed by atoms with van der Waals surface area (Å²) in [4.78, 5) is 29.5. The van der Waals surface area contributed by atoms with E-state index in [0.29, 0.717) is 31.7 Å². The third-order valence-corrected chi connectivity index (χ3v) is 4.56. The molecular formula is C14H17Br2N3O2. The lowest BCUT2D eigenvalue weighted by Gasteiger charge is -2.36. The maximum absolute atomic E-state index is 12.5. The number of piperazine rings is 1. The Morgan fingerprint density at radius 2 is 1.62 bits per heavy atom. The number of rotatable bonds is 1. The van der Waals surface area contributed by atoms with Gasteiger partial charge in [0.2, 0.25) is 0 Å². The van der Waals surface area contributed by atoms with Crippen LogP contribution in [0, 0.1) is 0 Å². The Balaban J connectivity index is 2.03. The van der Waals surface area contributed by atoms with Crippen LogP contribution in [-0.2, 0) is 0 Å². The van der Waals surface area contributed by atoms with Crippen LogP contribution in [0.25, 0.3) is 0 Å². The number of carbonyl (C=O) groups is 2. The zero-order chi connectivity index (χ0) is 15.6. The Morgan fingerprint density at radius 1 is 1.05 bits per heavy atom. The third kappa shape index (κ3) is 3.77. The van der Waals surface area contributed by atoms with Crippen molar-refractivity contribution in [2.75, 3.05) is 40.3 Å². The summed E-state index contributed by atoms with van der Waals surface area (Å²) in [5, 5.41) is 0. The molecule has 0 saturated carbocycles. The van der Waals surface area contributed by atoms with Crippen LogP contribution < -0.4 is 0 Å². The summed E-state index contributed by atoms with van der Waals surface area (Å²) in [5.41, 5.74) is 0.636. The average Bonchev–Trinajstić information content (AvgIpc) is 2.48. The lowest BCUT2D eigenvalue weighted by atomic mass is 10.2. The van der Waals surface area contributed by atoms with Crippen molar-refractivity contribution < 1.29 is 9.59 Å². The highest BCUT2D eigenvalue weighted by Crippen LogP contribution is 2.23. The standard InChI is InChI=1S/C14H17Br2N3O2/c1-17(2)14(21)19-7-5-18(6-8-19)13(20)11-9-10(15)3-4-12(11)16/h3-4,9H,5-8H2,1-2H3. The molecule has 1 saturated heterocycles. The zero-order valence-corrected chi connectivity index (χ0v) is 15.1. The van der Waals surface area contributed by atoms with E-state index in [0.717, 1.165) is 8.95 Å². The molecule has 21 heavy (non-hydrogen) atoms. The van der Waals surface area contributed by atoms with Crippen molar-refractivity contribution >= 4 is 43.8 Å². The molecule has 0 spiro atoms. The predicted octanol–water partition coefficient (Wildman–Crippen LogP) is 2.65. The van der Waals surface area contributed by atoms with E-state index in [-0.39, 0.29) is 11.9 Å². The largest absolute Gasteiger partial charge is 0.335 e. The van der Waals surface area contributed by atoms with Gasteiger partial charge in [-0.05, 0) is 34.1 Å². The van der Waals surface area contributed by atoms with Crippen LogP contribution in [0.15, 0.2) is 27.1 Å². The van der Waals surface area contributed by atoms with Gasteiger partial charge < -0.3 is 14.7 Å².